The number of carbonyl (C=O) groups is 1. The summed E-state index contributed by atoms with van der Waals surface area (Å²) < 4.78 is 0. The van der Waals surface area contributed by atoms with Crippen LogP contribution in [0.2, 0.25) is 0 Å². The second kappa shape index (κ2) is 2.47. The van der Waals surface area contributed by atoms with Crippen molar-refractivity contribution >= 4 is 5.91 Å². The van der Waals surface area contributed by atoms with Crippen molar-refractivity contribution in [3.8, 4) is 0 Å². The van der Waals surface area contributed by atoms with Crippen molar-refractivity contribution in [2.75, 3.05) is 13.1 Å². The largest absolute Gasteiger partial charge is 0.340 e. The number of nitrogens with zero attached hydrogens (tertiary/aromatic N) is 2. The second-order valence-electron chi connectivity index (χ2n) is 4.65. The molecule has 2 unspecified atom stereocenters. The molecule has 3 heterocycles. The fourth-order valence-electron chi connectivity index (χ4n) is 2.86. The number of carbonyl (C=O) groups excluding carboxylic acids is 1. The lowest BCUT2D eigenvalue weighted by Crippen LogP contribution is -2.69. The van der Waals surface area contributed by atoms with Gasteiger partial charge in [-0.3, -0.25) is 9.69 Å². The molecule has 0 aromatic rings. The molecule has 1 aliphatic carbocycles. The number of rotatable bonds is 1. The van der Waals surface area contributed by atoms with Crippen molar-refractivity contribution < 1.29 is 4.79 Å². The van der Waals surface area contributed by atoms with Gasteiger partial charge in [-0.05, 0) is 19.3 Å². The lowest BCUT2D eigenvalue weighted by Gasteiger charge is -2.56. The molecule has 4 fully saturated rings. The van der Waals surface area contributed by atoms with E-state index >= 15 is 0 Å². The molecule has 72 valence electrons. The van der Waals surface area contributed by atoms with Crippen molar-refractivity contribution in [1.82, 2.24) is 9.80 Å². The first kappa shape index (κ1) is 7.80. The average Bonchev–Trinajstić information content (AvgIpc) is 2.88. The van der Waals surface area contributed by atoms with Gasteiger partial charge in [-0.25, -0.2) is 0 Å². The Morgan fingerprint density at radius 3 is 2.23 bits per heavy atom. The molecular formula is C10H16N2O. The van der Waals surface area contributed by atoms with E-state index in [2.05, 4.69) is 4.90 Å². The third-order valence-corrected chi connectivity index (χ3v) is 3.66. The van der Waals surface area contributed by atoms with E-state index in [1.165, 1.54) is 19.3 Å². The highest BCUT2D eigenvalue weighted by Crippen LogP contribution is 2.41. The first-order chi connectivity index (χ1) is 6.25. The number of piperidine rings is 1. The zero-order valence-corrected chi connectivity index (χ0v) is 8.07. The predicted octanol–water partition coefficient (Wildman–Crippen LogP) is 0.454. The van der Waals surface area contributed by atoms with Crippen molar-refractivity contribution in [2.24, 2.45) is 0 Å². The maximum absolute atomic E-state index is 11.2. The molecule has 3 aliphatic heterocycles. The molecule has 0 spiro atoms. The number of hydrogen-bond acceptors (Lipinski definition) is 2. The molecule has 1 saturated carbocycles. The summed E-state index contributed by atoms with van der Waals surface area (Å²) in [4.78, 5) is 15.8. The van der Waals surface area contributed by atoms with Crippen LogP contribution in [0, 0.1) is 0 Å². The molecule has 3 saturated heterocycles. The van der Waals surface area contributed by atoms with E-state index in [9.17, 15) is 4.79 Å². The molecular weight excluding hydrogens is 164 g/mol. The van der Waals surface area contributed by atoms with Gasteiger partial charge >= 0.3 is 0 Å². The van der Waals surface area contributed by atoms with Crippen LogP contribution >= 0.6 is 0 Å². The molecule has 3 heteroatoms. The Balaban J connectivity index is 1.67. The van der Waals surface area contributed by atoms with Crippen molar-refractivity contribution in [3.63, 3.8) is 0 Å². The highest BCUT2D eigenvalue weighted by molar-refractivity contribution is 5.73. The lowest BCUT2D eigenvalue weighted by atomic mass is 9.87. The minimum Gasteiger partial charge on any atom is -0.340 e. The monoisotopic (exact) mass is 180 g/mol. The van der Waals surface area contributed by atoms with Gasteiger partial charge in [0.2, 0.25) is 5.91 Å². The average molecular weight is 180 g/mol. The van der Waals surface area contributed by atoms with Crippen LogP contribution in [0.5, 0.6) is 0 Å². The van der Waals surface area contributed by atoms with Crippen molar-refractivity contribution in [1.29, 1.82) is 0 Å². The van der Waals surface area contributed by atoms with Crippen LogP contribution in [0.4, 0.5) is 0 Å². The van der Waals surface area contributed by atoms with E-state index in [4.69, 9.17) is 0 Å². The topological polar surface area (TPSA) is 23.6 Å². The summed E-state index contributed by atoms with van der Waals surface area (Å²) in [5.74, 6) is 0.255. The Labute approximate surface area is 78.7 Å². The van der Waals surface area contributed by atoms with E-state index in [1.807, 2.05) is 4.90 Å². The van der Waals surface area contributed by atoms with Gasteiger partial charge in [0.15, 0.2) is 0 Å². The number of amides is 1. The zero-order chi connectivity index (χ0) is 9.00. The van der Waals surface area contributed by atoms with Crippen molar-refractivity contribution in [3.05, 3.63) is 0 Å². The molecule has 4 aliphatic rings. The van der Waals surface area contributed by atoms with E-state index in [1.54, 1.807) is 6.92 Å². The quantitative estimate of drug-likeness (QED) is 0.585. The summed E-state index contributed by atoms with van der Waals surface area (Å²) >= 11 is 0. The molecule has 13 heavy (non-hydrogen) atoms. The SMILES string of the molecule is CC(=O)N1CC2CC(C1)N2C1CC1. The van der Waals surface area contributed by atoms with Gasteiger partial charge in [0.1, 0.15) is 0 Å². The van der Waals surface area contributed by atoms with Crippen LogP contribution in [0.25, 0.3) is 0 Å². The summed E-state index contributed by atoms with van der Waals surface area (Å²) in [6.07, 6.45) is 4.13. The Bertz CT molecular complexity index is 237. The Hall–Kier alpha value is -0.570. The fraction of sp³-hybridized carbons (Fsp3) is 0.900. The summed E-state index contributed by atoms with van der Waals surface area (Å²) in [5, 5.41) is 0. The maximum atomic E-state index is 11.2. The Morgan fingerprint density at radius 2 is 1.77 bits per heavy atom. The Morgan fingerprint density at radius 1 is 1.15 bits per heavy atom. The van der Waals surface area contributed by atoms with E-state index < -0.39 is 0 Å². The molecule has 3 nitrogen and oxygen atoms in total. The van der Waals surface area contributed by atoms with Crippen LogP contribution in [0.3, 0.4) is 0 Å². The molecule has 0 radical (unpaired) electrons. The first-order valence-corrected chi connectivity index (χ1v) is 5.28. The third-order valence-electron chi connectivity index (χ3n) is 3.66. The van der Waals surface area contributed by atoms with Gasteiger partial charge in [0, 0.05) is 38.1 Å². The third kappa shape index (κ3) is 1.10. The number of fused-ring (bicyclic) bond motifs is 2. The maximum Gasteiger partial charge on any atom is 0.219 e. The van der Waals surface area contributed by atoms with Gasteiger partial charge in [0.25, 0.3) is 0 Å². The van der Waals surface area contributed by atoms with E-state index in [-0.39, 0.29) is 5.91 Å². The van der Waals surface area contributed by atoms with Gasteiger partial charge in [0.05, 0.1) is 0 Å². The highest BCUT2D eigenvalue weighted by Gasteiger charge is 2.50. The first-order valence-electron chi connectivity index (χ1n) is 5.28. The van der Waals surface area contributed by atoms with Gasteiger partial charge in [-0.2, -0.15) is 0 Å². The molecule has 4 rings (SSSR count). The molecule has 0 aromatic heterocycles. The summed E-state index contributed by atoms with van der Waals surface area (Å²) in [5.41, 5.74) is 0. The second-order valence-corrected chi connectivity index (χ2v) is 4.65. The molecule has 2 bridgehead atoms. The van der Waals surface area contributed by atoms with Crippen LogP contribution in [0.1, 0.15) is 26.2 Å². The van der Waals surface area contributed by atoms with Crippen LogP contribution in [0.15, 0.2) is 0 Å². The summed E-state index contributed by atoms with van der Waals surface area (Å²) in [7, 11) is 0. The standard InChI is InChI=1S/C10H16N2O/c1-7(13)11-5-9-4-10(6-11)12(9)8-2-3-8/h8-10H,2-6H2,1H3. The van der Waals surface area contributed by atoms with E-state index in [0.29, 0.717) is 12.1 Å². The molecule has 0 aromatic carbocycles. The van der Waals surface area contributed by atoms with E-state index in [0.717, 1.165) is 19.1 Å². The van der Waals surface area contributed by atoms with Gasteiger partial charge < -0.3 is 4.90 Å². The Kier molecular flexibility index (Phi) is 1.48. The normalized spacial score (nSPS) is 38.7. The van der Waals surface area contributed by atoms with Crippen LogP contribution in [-0.2, 0) is 4.79 Å². The summed E-state index contributed by atoms with van der Waals surface area (Å²) in [6.45, 7) is 3.66. The van der Waals surface area contributed by atoms with Crippen LogP contribution < -0.4 is 0 Å². The van der Waals surface area contributed by atoms with Crippen LogP contribution in [-0.4, -0.2) is 46.9 Å². The number of piperazine rings is 1. The lowest BCUT2D eigenvalue weighted by molar-refractivity contribution is -0.142. The predicted molar refractivity (Wildman–Crippen MR) is 49.3 cm³/mol. The fourth-order valence-corrected chi connectivity index (χ4v) is 2.86. The molecule has 2 atom stereocenters. The smallest absolute Gasteiger partial charge is 0.219 e. The molecule has 1 amide bonds. The van der Waals surface area contributed by atoms with Gasteiger partial charge in [-0.15, -0.1) is 0 Å². The van der Waals surface area contributed by atoms with Crippen molar-refractivity contribution in [2.45, 2.75) is 44.3 Å². The summed E-state index contributed by atoms with van der Waals surface area (Å²) in [6, 6.07) is 2.29. The zero-order valence-electron chi connectivity index (χ0n) is 8.07. The minimum atomic E-state index is 0.255. The highest BCUT2D eigenvalue weighted by atomic mass is 16.2. The minimum absolute atomic E-state index is 0.255. The van der Waals surface area contributed by atoms with Gasteiger partial charge in [-0.1, -0.05) is 0 Å². The molecule has 0 N–H and O–H groups in total. The number of hydrogen-bond donors (Lipinski definition) is 0.